The lowest BCUT2D eigenvalue weighted by molar-refractivity contribution is -0.123. The zero-order valence-electron chi connectivity index (χ0n) is 13.1. The van der Waals surface area contributed by atoms with Crippen LogP contribution in [-0.2, 0) is 17.8 Å². The minimum absolute atomic E-state index is 0.0351. The first-order valence-corrected chi connectivity index (χ1v) is 9.37. The second kappa shape index (κ2) is 8.21. The molecule has 1 aromatic heterocycles. The van der Waals surface area contributed by atoms with Gasteiger partial charge in [-0.2, -0.15) is 0 Å². The maximum atomic E-state index is 11.9. The Morgan fingerprint density at radius 1 is 1.29 bits per heavy atom. The maximum Gasteiger partial charge on any atom is 0.257 e. The standard InChI is InChI=1S/C17H18Cl2N2O2S/c18-14-2-1-13(9-15(14)19)23-11-17(22)20-5-7-21-6-3-16-12(10-21)4-8-24-16/h1-2,4,8-9H,3,5-7,10-11H2,(H,20,22). The fraction of sp³-hybridized carbons (Fsp3) is 0.353. The van der Waals surface area contributed by atoms with Crippen LogP contribution in [0.1, 0.15) is 10.4 Å². The summed E-state index contributed by atoms with van der Waals surface area (Å²) >= 11 is 13.6. The number of thiophene rings is 1. The summed E-state index contributed by atoms with van der Waals surface area (Å²) in [7, 11) is 0. The molecular formula is C17H18Cl2N2O2S. The van der Waals surface area contributed by atoms with Gasteiger partial charge in [-0.1, -0.05) is 23.2 Å². The number of hydrogen-bond donors (Lipinski definition) is 1. The van der Waals surface area contributed by atoms with Crippen molar-refractivity contribution in [3.05, 3.63) is 50.1 Å². The first-order chi connectivity index (χ1) is 11.6. The number of benzene rings is 1. The van der Waals surface area contributed by atoms with E-state index in [2.05, 4.69) is 21.7 Å². The Bertz CT molecular complexity index is 720. The minimum Gasteiger partial charge on any atom is -0.484 e. The van der Waals surface area contributed by atoms with E-state index < -0.39 is 0 Å². The van der Waals surface area contributed by atoms with Crippen LogP contribution in [0.15, 0.2) is 29.6 Å². The Morgan fingerprint density at radius 2 is 2.17 bits per heavy atom. The van der Waals surface area contributed by atoms with Crippen molar-refractivity contribution >= 4 is 40.4 Å². The van der Waals surface area contributed by atoms with Crippen LogP contribution < -0.4 is 10.1 Å². The Morgan fingerprint density at radius 3 is 3.00 bits per heavy atom. The van der Waals surface area contributed by atoms with Crippen molar-refractivity contribution in [2.24, 2.45) is 0 Å². The van der Waals surface area contributed by atoms with Crippen molar-refractivity contribution in [3.8, 4) is 5.75 Å². The summed E-state index contributed by atoms with van der Waals surface area (Å²) in [6.07, 6.45) is 1.10. The lowest BCUT2D eigenvalue weighted by Gasteiger charge is -2.26. The van der Waals surface area contributed by atoms with Crippen LogP contribution in [0, 0.1) is 0 Å². The van der Waals surface area contributed by atoms with Crippen LogP contribution >= 0.6 is 34.5 Å². The minimum atomic E-state index is -0.144. The summed E-state index contributed by atoms with van der Waals surface area (Å²) in [6.45, 7) is 3.43. The van der Waals surface area contributed by atoms with Gasteiger partial charge >= 0.3 is 0 Å². The number of hydrogen-bond acceptors (Lipinski definition) is 4. The van der Waals surface area contributed by atoms with E-state index in [0.717, 1.165) is 26.1 Å². The van der Waals surface area contributed by atoms with E-state index in [1.54, 1.807) is 18.2 Å². The molecule has 4 nitrogen and oxygen atoms in total. The van der Waals surface area contributed by atoms with Crippen molar-refractivity contribution in [2.75, 3.05) is 26.2 Å². The largest absolute Gasteiger partial charge is 0.484 e. The average molecular weight is 385 g/mol. The lowest BCUT2D eigenvalue weighted by Crippen LogP contribution is -2.38. The van der Waals surface area contributed by atoms with E-state index in [1.165, 1.54) is 10.4 Å². The average Bonchev–Trinajstić information content (AvgIpc) is 3.04. The molecule has 24 heavy (non-hydrogen) atoms. The highest BCUT2D eigenvalue weighted by atomic mass is 35.5. The van der Waals surface area contributed by atoms with E-state index >= 15 is 0 Å². The Hall–Kier alpha value is -1.27. The summed E-state index contributed by atoms with van der Waals surface area (Å²) in [5.74, 6) is 0.384. The van der Waals surface area contributed by atoms with Crippen molar-refractivity contribution in [2.45, 2.75) is 13.0 Å². The van der Waals surface area contributed by atoms with E-state index in [9.17, 15) is 4.79 Å². The summed E-state index contributed by atoms with van der Waals surface area (Å²) in [4.78, 5) is 15.7. The van der Waals surface area contributed by atoms with Gasteiger partial charge in [0.05, 0.1) is 10.0 Å². The van der Waals surface area contributed by atoms with Gasteiger partial charge in [-0.25, -0.2) is 0 Å². The molecule has 1 aromatic carbocycles. The molecule has 0 saturated carbocycles. The number of nitrogens with zero attached hydrogens (tertiary/aromatic N) is 1. The number of carbonyl (C=O) groups excluding carboxylic acids is 1. The summed E-state index contributed by atoms with van der Waals surface area (Å²) in [5.41, 5.74) is 1.42. The maximum absolute atomic E-state index is 11.9. The second-order valence-corrected chi connectivity index (χ2v) is 7.42. The number of amides is 1. The number of carbonyl (C=O) groups is 1. The van der Waals surface area contributed by atoms with Crippen molar-refractivity contribution < 1.29 is 9.53 Å². The third-order valence-electron chi connectivity index (χ3n) is 3.90. The van der Waals surface area contributed by atoms with Crippen LogP contribution in [-0.4, -0.2) is 37.0 Å². The van der Waals surface area contributed by atoms with E-state index in [1.807, 2.05) is 11.3 Å². The van der Waals surface area contributed by atoms with Crippen LogP contribution in [0.2, 0.25) is 10.0 Å². The van der Waals surface area contributed by atoms with Crippen LogP contribution in [0.3, 0.4) is 0 Å². The van der Waals surface area contributed by atoms with Crippen molar-refractivity contribution in [1.29, 1.82) is 0 Å². The highest BCUT2D eigenvalue weighted by Gasteiger charge is 2.16. The fourth-order valence-electron chi connectivity index (χ4n) is 2.62. The Labute approximate surface area is 155 Å². The molecule has 2 heterocycles. The molecule has 0 aliphatic carbocycles. The van der Waals surface area contributed by atoms with Gasteiger partial charge in [0.25, 0.3) is 5.91 Å². The number of halogens is 2. The third kappa shape index (κ3) is 4.63. The molecule has 0 bridgehead atoms. The van der Waals surface area contributed by atoms with Gasteiger partial charge in [0.15, 0.2) is 6.61 Å². The van der Waals surface area contributed by atoms with Gasteiger partial charge < -0.3 is 10.1 Å². The summed E-state index contributed by atoms with van der Waals surface area (Å²) in [5, 5.41) is 5.90. The fourth-order valence-corrected chi connectivity index (χ4v) is 3.80. The van der Waals surface area contributed by atoms with Gasteiger partial charge in [0.2, 0.25) is 0 Å². The number of fused-ring (bicyclic) bond motifs is 1. The molecule has 1 aliphatic heterocycles. The molecule has 1 amide bonds. The van der Waals surface area contributed by atoms with Gasteiger partial charge in [0, 0.05) is 37.1 Å². The lowest BCUT2D eigenvalue weighted by atomic mass is 10.1. The molecule has 3 rings (SSSR count). The molecule has 0 spiro atoms. The van der Waals surface area contributed by atoms with E-state index in [4.69, 9.17) is 27.9 Å². The monoisotopic (exact) mass is 384 g/mol. The van der Waals surface area contributed by atoms with Crippen molar-refractivity contribution in [1.82, 2.24) is 10.2 Å². The highest BCUT2D eigenvalue weighted by molar-refractivity contribution is 7.10. The molecule has 0 atom stereocenters. The quantitative estimate of drug-likeness (QED) is 0.826. The number of ether oxygens (including phenoxy) is 1. The first-order valence-electron chi connectivity index (χ1n) is 7.74. The van der Waals surface area contributed by atoms with Crippen LogP contribution in [0.25, 0.3) is 0 Å². The van der Waals surface area contributed by atoms with E-state index in [-0.39, 0.29) is 12.5 Å². The second-order valence-electron chi connectivity index (χ2n) is 5.61. The topological polar surface area (TPSA) is 41.6 Å². The predicted molar refractivity (Wildman–Crippen MR) is 98.3 cm³/mol. The zero-order chi connectivity index (χ0) is 16.9. The number of nitrogens with one attached hydrogen (secondary N) is 1. The molecule has 128 valence electrons. The molecule has 1 N–H and O–H groups in total. The van der Waals surface area contributed by atoms with Gasteiger partial charge in [-0.05, 0) is 35.6 Å². The molecule has 0 saturated heterocycles. The molecule has 7 heteroatoms. The third-order valence-corrected chi connectivity index (χ3v) is 5.66. The molecular weight excluding hydrogens is 367 g/mol. The smallest absolute Gasteiger partial charge is 0.257 e. The molecule has 0 unspecified atom stereocenters. The summed E-state index contributed by atoms with van der Waals surface area (Å²) < 4.78 is 5.41. The SMILES string of the molecule is O=C(COc1ccc(Cl)c(Cl)c1)NCCN1CCc2sccc2C1. The molecule has 1 aliphatic rings. The Kier molecular flexibility index (Phi) is 6.00. The highest BCUT2D eigenvalue weighted by Crippen LogP contribution is 2.26. The number of rotatable bonds is 6. The van der Waals surface area contributed by atoms with Crippen LogP contribution in [0.5, 0.6) is 5.75 Å². The van der Waals surface area contributed by atoms with Crippen molar-refractivity contribution in [3.63, 3.8) is 0 Å². The van der Waals surface area contributed by atoms with Gasteiger partial charge in [0.1, 0.15) is 5.75 Å². The summed E-state index contributed by atoms with van der Waals surface area (Å²) in [6, 6.07) is 7.12. The first kappa shape index (κ1) is 17.5. The van der Waals surface area contributed by atoms with Crippen LogP contribution in [0.4, 0.5) is 0 Å². The van der Waals surface area contributed by atoms with Gasteiger partial charge in [-0.3, -0.25) is 9.69 Å². The normalized spacial score (nSPS) is 14.2. The molecule has 0 fully saturated rings. The molecule has 0 radical (unpaired) electrons. The van der Waals surface area contributed by atoms with Gasteiger partial charge in [-0.15, -0.1) is 11.3 Å². The Balaban J connectivity index is 1.36. The molecule has 2 aromatic rings. The zero-order valence-corrected chi connectivity index (χ0v) is 15.4. The predicted octanol–water partition coefficient (Wildman–Crippen LogP) is 3.61. The van der Waals surface area contributed by atoms with E-state index in [0.29, 0.717) is 22.3 Å².